The molecule has 4 heterocycles. The van der Waals surface area contributed by atoms with Gasteiger partial charge in [-0.1, -0.05) is 39.2 Å². The van der Waals surface area contributed by atoms with Gasteiger partial charge >= 0.3 is 0 Å². The number of nitrogens with two attached hydrogens (primary N) is 1. The van der Waals surface area contributed by atoms with E-state index >= 15 is 4.39 Å². The van der Waals surface area contributed by atoms with E-state index in [1.165, 1.54) is 0 Å². The van der Waals surface area contributed by atoms with Gasteiger partial charge in [-0.2, -0.15) is 0 Å². The number of unbranched alkanes of at least 4 members (excludes halogenated alkanes) is 2. The van der Waals surface area contributed by atoms with Crippen LogP contribution in [0.3, 0.4) is 0 Å². The second-order valence-electron chi connectivity index (χ2n) is 12.5. The third-order valence-electron chi connectivity index (χ3n) is 9.50. The third kappa shape index (κ3) is 8.01. The Morgan fingerprint density at radius 3 is 2.67 bits per heavy atom. The maximum Gasteiger partial charge on any atom is 0.232 e. The average molecular weight is 567 g/mol. The summed E-state index contributed by atoms with van der Waals surface area (Å²) in [7, 11) is 0. The van der Waals surface area contributed by atoms with Gasteiger partial charge in [0.25, 0.3) is 0 Å². The van der Waals surface area contributed by atoms with Crippen molar-refractivity contribution in [2.45, 2.75) is 96.3 Å². The molecule has 4 aliphatic rings. The van der Waals surface area contributed by atoms with Gasteiger partial charge in [-0.3, -0.25) is 14.7 Å². The normalized spacial score (nSPS) is 36.8. The molecule has 7 atom stereocenters. The number of halogens is 2. The maximum atomic E-state index is 15.4. The predicted octanol–water partition coefficient (Wildman–Crippen LogP) is 2.93. The summed E-state index contributed by atoms with van der Waals surface area (Å²) in [5, 5.41) is 9.71. The molecule has 5 N–H and O–H groups in total. The van der Waals surface area contributed by atoms with Gasteiger partial charge in [-0.25, -0.2) is 8.78 Å². The molecule has 4 aliphatic heterocycles. The number of allylic oxidation sites excluding steroid dienone is 2. The lowest BCUT2D eigenvalue weighted by atomic mass is 9.75. The molecule has 1 amide bonds. The smallest absolute Gasteiger partial charge is 0.232 e. The van der Waals surface area contributed by atoms with Crippen LogP contribution >= 0.6 is 0 Å². The van der Waals surface area contributed by atoms with Gasteiger partial charge in [-0.05, 0) is 51.1 Å². The van der Waals surface area contributed by atoms with Crippen LogP contribution in [0.25, 0.3) is 0 Å². The summed E-state index contributed by atoms with van der Waals surface area (Å²) in [6.07, 6.45) is 5.46. The molecule has 0 aliphatic carbocycles. The van der Waals surface area contributed by atoms with E-state index in [4.69, 9.17) is 10.5 Å². The van der Waals surface area contributed by atoms with E-state index in [0.29, 0.717) is 24.8 Å². The maximum absolute atomic E-state index is 15.4. The van der Waals surface area contributed by atoms with E-state index in [9.17, 15) is 9.18 Å². The summed E-state index contributed by atoms with van der Waals surface area (Å²) in [4.78, 5) is 20.7. The first-order chi connectivity index (χ1) is 19.3. The Morgan fingerprint density at radius 1 is 1.25 bits per heavy atom. The molecule has 0 bridgehead atoms. The molecular formula is C30H52F2N6O2. The topological polar surface area (TPSA) is 104 Å². The van der Waals surface area contributed by atoms with Crippen molar-refractivity contribution in [3.8, 4) is 0 Å². The number of likely N-dealkylation sites (tertiary alicyclic amines) is 1. The van der Waals surface area contributed by atoms with Gasteiger partial charge in [0.05, 0.1) is 32.0 Å². The summed E-state index contributed by atoms with van der Waals surface area (Å²) in [5.74, 6) is -0.921. The van der Waals surface area contributed by atoms with E-state index in [0.717, 1.165) is 70.5 Å². The monoisotopic (exact) mass is 566 g/mol. The first-order valence-corrected chi connectivity index (χ1v) is 15.6. The van der Waals surface area contributed by atoms with Crippen molar-refractivity contribution in [2.75, 3.05) is 45.9 Å². The number of hydrogen-bond donors (Lipinski definition) is 4. The zero-order chi connectivity index (χ0) is 28.6. The largest absolute Gasteiger partial charge is 0.378 e. The highest BCUT2D eigenvalue weighted by Gasteiger charge is 2.43. The minimum atomic E-state index is -1.12. The van der Waals surface area contributed by atoms with E-state index in [1.54, 1.807) is 6.92 Å². The van der Waals surface area contributed by atoms with Crippen molar-refractivity contribution in [2.24, 2.45) is 34.4 Å². The van der Waals surface area contributed by atoms with Crippen LogP contribution in [-0.4, -0.2) is 93.0 Å². The summed E-state index contributed by atoms with van der Waals surface area (Å²) in [6.45, 7) is 10.3. The van der Waals surface area contributed by atoms with Crippen LogP contribution < -0.4 is 21.7 Å². The number of nitrogens with zero attached hydrogens (tertiary/aromatic N) is 2. The lowest BCUT2D eigenvalue weighted by Gasteiger charge is -2.46. The fraction of sp³-hybridized carbons (Fsp3) is 0.867. The molecule has 228 valence electrons. The number of piperidine rings is 2. The van der Waals surface area contributed by atoms with Crippen molar-refractivity contribution >= 4 is 11.6 Å². The fourth-order valence-electron chi connectivity index (χ4n) is 6.87. The van der Waals surface area contributed by atoms with Gasteiger partial charge in [0.1, 0.15) is 18.3 Å². The van der Waals surface area contributed by atoms with Crippen molar-refractivity contribution in [1.82, 2.24) is 20.9 Å². The highest BCUT2D eigenvalue weighted by Crippen LogP contribution is 2.34. The van der Waals surface area contributed by atoms with E-state index < -0.39 is 24.4 Å². The number of ether oxygens (including phenoxy) is 1. The van der Waals surface area contributed by atoms with E-state index in [-0.39, 0.29) is 42.7 Å². The quantitative estimate of drug-likeness (QED) is 0.320. The van der Waals surface area contributed by atoms with E-state index in [1.807, 2.05) is 6.08 Å². The first-order valence-electron chi connectivity index (χ1n) is 15.6. The lowest BCUT2D eigenvalue weighted by molar-refractivity contribution is -0.125. The Kier molecular flexibility index (Phi) is 11.8. The Hall–Kier alpha value is -1.62. The molecular weight excluding hydrogens is 514 g/mol. The second-order valence-corrected chi connectivity index (χ2v) is 12.5. The molecule has 8 nitrogen and oxygen atoms in total. The number of aliphatic imine (C=N–C) groups is 1. The van der Waals surface area contributed by atoms with Crippen LogP contribution in [0, 0.1) is 23.7 Å². The van der Waals surface area contributed by atoms with Crippen molar-refractivity contribution in [3.63, 3.8) is 0 Å². The molecule has 40 heavy (non-hydrogen) atoms. The lowest BCUT2D eigenvalue weighted by Crippen LogP contribution is -2.62. The Labute approximate surface area is 239 Å². The average Bonchev–Trinajstić information content (AvgIpc) is 2.89. The van der Waals surface area contributed by atoms with Crippen LogP contribution in [0.4, 0.5) is 8.78 Å². The first kappa shape index (κ1) is 31.3. The van der Waals surface area contributed by atoms with Gasteiger partial charge < -0.3 is 26.4 Å². The van der Waals surface area contributed by atoms with Crippen LogP contribution in [0.5, 0.6) is 0 Å². The number of hydrogen-bond acceptors (Lipinski definition) is 7. The molecule has 0 spiro atoms. The van der Waals surface area contributed by atoms with Crippen LogP contribution in [0.2, 0.25) is 0 Å². The summed E-state index contributed by atoms with van der Waals surface area (Å²) < 4.78 is 35.5. The summed E-state index contributed by atoms with van der Waals surface area (Å²) >= 11 is 0. The zero-order valence-electron chi connectivity index (χ0n) is 24.7. The van der Waals surface area contributed by atoms with Gasteiger partial charge in [0.15, 0.2) is 0 Å². The number of rotatable bonds is 9. The summed E-state index contributed by atoms with van der Waals surface area (Å²) in [5.41, 5.74) is 8.06. The van der Waals surface area contributed by atoms with Crippen molar-refractivity contribution in [1.29, 1.82) is 0 Å². The number of nitrogens with one attached hydrogen (secondary N) is 3. The van der Waals surface area contributed by atoms with Crippen LogP contribution in [0.1, 0.15) is 65.7 Å². The minimum Gasteiger partial charge on any atom is -0.378 e. The van der Waals surface area contributed by atoms with Crippen molar-refractivity contribution in [3.05, 3.63) is 11.8 Å². The molecule has 4 rings (SSSR count). The molecule has 3 fully saturated rings. The number of carbonyl (C=O) groups excluding carboxylic acids is 1. The standard InChI is InChI=1S/C30H52F2N6O2/c1-4-5-6-7-19(2)25-9-8-22(31)14-35-20(3)27(29(33)36-25)30(39)37-26-16-34-15-24(32)28(26)21-10-12-38(13-11-21)23-17-40-18-23/h9,19,21-24,26-29,34,36H,4-8,10-18,33H2,1-3H3,(H,37,39)/b25-9-,35-20+. The number of carbonyl (C=O) groups is 1. The SMILES string of the molecule is CCCCCC(C)/C1=C/CC(F)C/N=C(\C)C(C(=O)NC2CNCC(F)C2C2CCN(C3COC3)CC2)C(N)N1. The Morgan fingerprint density at radius 2 is 2.00 bits per heavy atom. The molecule has 0 aromatic carbocycles. The fourth-order valence-corrected chi connectivity index (χ4v) is 6.87. The molecule has 0 aromatic rings. The molecule has 0 aromatic heterocycles. The molecule has 7 unspecified atom stereocenters. The zero-order valence-corrected chi connectivity index (χ0v) is 24.7. The summed E-state index contributed by atoms with van der Waals surface area (Å²) in [6, 6.07) is 0.152. The van der Waals surface area contributed by atoms with E-state index in [2.05, 4.69) is 39.7 Å². The molecule has 10 heteroatoms. The second kappa shape index (κ2) is 15.0. The Balaban J connectivity index is 1.45. The highest BCUT2D eigenvalue weighted by atomic mass is 19.1. The molecule has 0 saturated carbocycles. The van der Waals surface area contributed by atoms with Crippen molar-refractivity contribution < 1.29 is 18.3 Å². The highest BCUT2D eigenvalue weighted by molar-refractivity contribution is 6.04. The minimum absolute atomic E-state index is 0.00109. The number of alkyl halides is 2. The van der Waals surface area contributed by atoms with Gasteiger partial charge in [0.2, 0.25) is 5.91 Å². The Bertz CT molecular complexity index is 876. The number of amides is 1. The third-order valence-corrected chi connectivity index (χ3v) is 9.50. The predicted molar refractivity (Wildman–Crippen MR) is 156 cm³/mol. The van der Waals surface area contributed by atoms with Gasteiger partial charge in [0, 0.05) is 42.9 Å². The van der Waals surface area contributed by atoms with Crippen LogP contribution in [-0.2, 0) is 9.53 Å². The molecule has 0 radical (unpaired) electrons. The van der Waals surface area contributed by atoms with Gasteiger partial charge in [-0.15, -0.1) is 0 Å². The van der Waals surface area contributed by atoms with Crippen LogP contribution in [0.15, 0.2) is 16.8 Å². The molecule has 3 saturated heterocycles.